The highest BCUT2D eigenvalue weighted by atomic mass is 16.2. The monoisotopic (exact) mass is 292 g/mol. The van der Waals surface area contributed by atoms with Crippen LogP contribution in [0.1, 0.15) is 58.3 Å². The number of carbonyl (C=O) groups is 3. The Morgan fingerprint density at radius 2 is 1.81 bits per heavy atom. The van der Waals surface area contributed by atoms with Gasteiger partial charge in [-0.3, -0.25) is 19.8 Å². The van der Waals surface area contributed by atoms with Gasteiger partial charge >= 0.3 is 6.03 Å². The van der Waals surface area contributed by atoms with Crippen LogP contribution in [-0.2, 0) is 9.59 Å². The van der Waals surface area contributed by atoms with Crippen molar-refractivity contribution in [1.82, 2.24) is 10.2 Å². The van der Waals surface area contributed by atoms with Gasteiger partial charge in [0.2, 0.25) is 11.8 Å². The molecule has 0 aromatic heterocycles. The predicted octanol–water partition coefficient (Wildman–Crippen LogP) is 2.45. The van der Waals surface area contributed by atoms with Crippen molar-refractivity contribution in [2.45, 2.75) is 58.3 Å². The lowest BCUT2D eigenvalue weighted by Crippen LogP contribution is -2.61. The molecule has 1 unspecified atom stereocenters. The van der Waals surface area contributed by atoms with E-state index < -0.39 is 11.9 Å². The lowest BCUT2D eigenvalue weighted by Gasteiger charge is -2.45. The zero-order valence-corrected chi connectivity index (χ0v) is 12.7. The summed E-state index contributed by atoms with van der Waals surface area (Å²) in [5, 5.41) is 2.41. The third-order valence-electron chi connectivity index (χ3n) is 5.82. The van der Waals surface area contributed by atoms with Crippen molar-refractivity contribution >= 4 is 17.8 Å². The molecule has 5 nitrogen and oxygen atoms in total. The van der Waals surface area contributed by atoms with E-state index in [2.05, 4.69) is 12.2 Å². The molecule has 1 atom stereocenters. The van der Waals surface area contributed by atoms with Crippen LogP contribution in [-0.4, -0.2) is 29.3 Å². The number of hydrogen-bond acceptors (Lipinski definition) is 3. The molecule has 1 heterocycles. The molecule has 0 aromatic rings. The summed E-state index contributed by atoms with van der Waals surface area (Å²) in [4.78, 5) is 38.2. The van der Waals surface area contributed by atoms with Gasteiger partial charge in [-0.25, -0.2) is 4.79 Å². The molecule has 0 aromatic carbocycles. The van der Waals surface area contributed by atoms with Crippen molar-refractivity contribution in [3.63, 3.8) is 0 Å². The molecule has 4 amide bonds. The van der Waals surface area contributed by atoms with E-state index >= 15 is 0 Å². The molecule has 1 aliphatic heterocycles. The van der Waals surface area contributed by atoms with Gasteiger partial charge in [-0.2, -0.15) is 0 Å². The van der Waals surface area contributed by atoms with Crippen molar-refractivity contribution in [3.05, 3.63) is 0 Å². The number of urea groups is 1. The molecule has 1 saturated heterocycles. The van der Waals surface area contributed by atoms with Crippen LogP contribution in [0, 0.1) is 17.3 Å². The third-order valence-corrected chi connectivity index (χ3v) is 5.82. The molecule has 0 bridgehead atoms. The molecular formula is C16H24N2O3. The molecule has 0 spiro atoms. The highest BCUT2D eigenvalue weighted by molar-refractivity contribution is 6.16. The summed E-state index contributed by atoms with van der Waals surface area (Å²) in [5.41, 5.74) is 0.0909. The van der Waals surface area contributed by atoms with Crippen LogP contribution in [0.4, 0.5) is 4.79 Å². The van der Waals surface area contributed by atoms with Crippen molar-refractivity contribution < 1.29 is 14.4 Å². The van der Waals surface area contributed by atoms with E-state index in [9.17, 15) is 14.4 Å². The number of nitrogens with one attached hydrogen (secondary N) is 1. The molecule has 21 heavy (non-hydrogen) atoms. The van der Waals surface area contributed by atoms with Gasteiger partial charge in [-0.1, -0.05) is 26.2 Å². The van der Waals surface area contributed by atoms with Crippen molar-refractivity contribution in [2.24, 2.45) is 17.3 Å². The summed E-state index contributed by atoms with van der Waals surface area (Å²) >= 11 is 0. The molecule has 0 radical (unpaired) electrons. The van der Waals surface area contributed by atoms with Crippen molar-refractivity contribution in [1.29, 1.82) is 0 Å². The molecule has 5 heteroatoms. The summed E-state index contributed by atoms with van der Waals surface area (Å²) in [7, 11) is 0. The quantitative estimate of drug-likeness (QED) is 0.809. The third kappa shape index (κ3) is 2.47. The average molecular weight is 292 g/mol. The Bertz CT molecular complexity index is 459. The first-order valence-corrected chi connectivity index (χ1v) is 8.22. The van der Waals surface area contributed by atoms with Gasteiger partial charge in [0.15, 0.2) is 0 Å². The van der Waals surface area contributed by atoms with Crippen molar-refractivity contribution in [2.75, 3.05) is 6.54 Å². The fourth-order valence-electron chi connectivity index (χ4n) is 4.12. The summed E-state index contributed by atoms with van der Waals surface area (Å²) in [6.07, 6.45) is 8.29. The molecule has 3 rings (SSSR count). The number of nitrogens with zero attached hydrogens (tertiary/aromatic N) is 1. The Kier molecular flexibility index (Phi) is 3.76. The van der Waals surface area contributed by atoms with Crippen LogP contribution in [0.3, 0.4) is 0 Å². The number of rotatable bonds is 4. The SMILES string of the molecule is CCC1(CN2C(=O)NC(=O)C(C3CCCC3)C2=O)CCC1. The lowest BCUT2D eigenvalue weighted by atomic mass is 9.66. The van der Waals surface area contributed by atoms with Gasteiger partial charge in [-0.05, 0) is 43.4 Å². The van der Waals surface area contributed by atoms with Crippen LogP contribution in [0.2, 0.25) is 0 Å². The summed E-state index contributed by atoms with van der Waals surface area (Å²) in [6.45, 7) is 2.59. The van der Waals surface area contributed by atoms with E-state index in [0.717, 1.165) is 44.9 Å². The molecule has 2 saturated carbocycles. The molecular weight excluding hydrogens is 268 g/mol. The maximum Gasteiger partial charge on any atom is 0.330 e. The minimum Gasteiger partial charge on any atom is -0.277 e. The van der Waals surface area contributed by atoms with E-state index in [4.69, 9.17) is 0 Å². The number of carbonyl (C=O) groups excluding carboxylic acids is 3. The Morgan fingerprint density at radius 3 is 2.33 bits per heavy atom. The number of amides is 4. The van der Waals surface area contributed by atoms with Crippen LogP contribution < -0.4 is 5.32 Å². The van der Waals surface area contributed by atoms with Gasteiger partial charge in [0.25, 0.3) is 0 Å². The van der Waals surface area contributed by atoms with Gasteiger partial charge < -0.3 is 0 Å². The predicted molar refractivity (Wildman–Crippen MR) is 77.3 cm³/mol. The molecule has 3 aliphatic rings. The maximum absolute atomic E-state index is 12.7. The van der Waals surface area contributed by atoms with E-state index in [-0.39, 0.29) is 23.1 Å². The van der Waals surface area contributed by atoms with Crippen LogP contribution in [0.15, 0.2) is 0 Å². The molecule has 2 aliphatic carbocycles. The molecule has 1 N–H and O–H groups in total. The largest absolute Gasteiger partial charge is 0.330 e. The van der Waals surface area contributed by atoms with Crippen LogP contribution >= 0.6 is 0 Å². The molecule has 3 fully saturated rings. The van der Waals surface area contributed by atoms with Crippen LogP contribution in [0.25, 0.3) is 0 Å². The van der Waals surface area contributed by atoms with Gasteiger partial charge in [0.1, 0.15) is 5.92 Å². The van der Waals surface area contributed by atoms with Gasteiger partial charge in [-0.15, -0.1) is 0 Å². The van der Waals surface area contributed by atoms with E-state index in [1.807, 2.05) is 0 Å². The fraction of sp³-hybridized carbons (Fsp3) is 0.812. The second kappa shape index (κ2) is 5.43. The summed E-state index contributed by atoms with van der Waals surface area (Å²) in [5.74, 6) is -1.16. The topological polar surface area (TPSA) is 66.5 Å². The molecule has 116 valence electrons. The first-order valence-electron chi connectivity index (χ1n) is 8.22. The fourth-order valence-corrected chi connectivity index (χ4v) is 4.12. The minimum atomic E-state index is -0.640. The lowest BCUT2D eigenvalue weighted by molar-refractivity contribution is -0.146. The van der Waals surface area contributed by atoms with Gasteiger partial charge in [0.05, 0.1) is 0 Å². The first kappa shape index (κ1) is 14.5. The average Bonchev–Trinajstić information content (AvgIpc) is 2.90. The summed E-state index contributed by atoms with van der Waals surface area (Å²) in [6, 6.07) is -0.515. The Balaban J connectivity index is 1.77. The highest BCUT2D eigenvalue weighted by Crippen LogP contribution is 2.45. The number of hydrogen-bond donors (Lipinski definition) is 1. The Morgan fingerprint density at radius 1 is 1.14 bits per heavy atom. The highest BCUT2D eigenvalue weighted by Gasteiger charge is 2.48. The van der Waals surface area contributed by atoms with E-state index in [0.29, 0.717) is 6.54 Å². The Hall–Kier alpha value is -1.39. The zero-order chi connectivity index (χ0) is 15.0. The number of imide groups is 2. The second-order valence-corrected chi connectivity index (χ2v) is 6.95. The standard InChI is InChI=1S/C16H24N2O3/c1-2-16(8-5-9-16)10-18-14(20)12(11-6-3-4-7-11)13(19)17-15(18)21/h11-12H,2-10H2,1H3,(H,17,19,21). The maximum atomic E-state index is 12.7. The Labute approximate surface area is 125 Å². The summed E-state index contributed by atoms with van der Waals surface area (Å²) < 4.78 is 0. The zero-order valence-electron chi connectivity index (χ0n) is 12.7. The number of barbiturate groups is 1. The normalized spacial score (nSPS) is 29.5. The van der Waals surface area contributed by atoms with Gasteiger partial charge in [0, 0.05) is 6.54 Å². The van der Waals surface area contributed by atoms with E-state index in [1.54, 1.807) is 0 Å². The second-order valence-electron chi connectivity index (χ2n) is 6.95. The minimum absolute atomic E-state index is 0.0909. The van der Waals surface area contributed by atoms with E-state index in [1.165, 1.54) is 11.3 Å². The van der Waals surface area contributed by atoms with Crippen molar-refractivity contribution in [3.8, 4) is 0 Å². The smallest absolute Gasteiger partial charge is 0.277 e. The first-order chi connectivity index (χ1) is 10.1. The van der Waals surface area contributed by atoms with Crippen LogP contribution in [0.5, 0.6) is 0 Å².